The van der Waals surface area contributed by atoms with Crippen molar-refractivity contribution in [2.45, 2.75) is 21.3 Å². The monoisotopic (exact) mass is 341 g/mol. The molecule has 0 aliphatic rings. The van der Waals surface area contributed by atoms with E-state index < -0.39 is 0 Å². The van der Waals surface area contributed by atoms with Gasteiger partial charge < -0.3 is 5.73 Å². The Hall–Kier alpha value is -1.52. The van der Waals surface area contributed by atoms with Crippen molar-refractivity contribution in [3.05, 3.63) is 52.3 Å². The Balaban J connectivity index is 0.00000141. The molecule has 0 amide bonds. The Labute approximate surface area is 141 Å². The molecular formula is C17H21ClFNOS. The van der Waals surface area contributed by atoms with Crippen molar-refractivity contribution in [1.82, 2.24) is 0 Å². The summed E-state index contributed by atoms with van der Waals surface area (Å²) in [5.74, 6) is -0.535. The van der Waals surface area contributed by atoms with Gasteiger partial charge in [0.2, 0.25) is 0 Å². The average Bonchev–Trinajstić information content (AvgIpc) is 2.46. The summed E-state index contributed by atoms with van der Waals surface area (Å²) in [6.45, 7) is 3.20. The molecule has 0 fully saturated rings. The zero-order valence-electron chi connectivity index (χ0n) is 12.1. The van der Waals surface area contributed by atoms with E-state index in [0.717, 1.165) is 0 Å². The van der Waals surface area contributed by atoms with E-state index in [4.69, 9.17) is 17.3 Å². The van der Waals surface area contributed by atoms with Gasteiger partial charge in [-0.15, -0.1) is 0 Å². The van der Waals surface area contributed by atoms with Crippen LogP contribution in [0.1, 0.15) is 30.3 Å². The zero-order valence-corrected chi connectivity index (χ0v) is 13.7. The number of hydrogen-bond acceptors (Lipinski definition) is 3. The smallest absolute Gasteiger partial charge is 0.160 e. The van der Waals surface area contributed by atoms with Gasteiger partial charge >= 0.3 is 0 Å². The van der Waals surface area contributed by atoms with Crippen molar-refractivity contribution in [1.29, 1.82) is 0 Å². The predicted octanol–water partition coefficient (Wildman–Crippen LogP) is 5.42. The number of thiol groups is 1. The highest BCUT2D eigenvalue weighted by atomic mass is 35.5. The molecule has 2 aromatic carbocycles. The van der Waals surface area contributed by atoms with Gasteiger partial charge in [-0.05, 0) is 49.4 Å². The molecule has 0 atom stereocenters. The number of nitrogen functional groups attached to an aromatic ring is 1. The van der Waals surface area contributed by atoms with Crippen LogP contribution in [0.3, 0.4) is 0 Å². The first kappa shape index (κ1) is 20.5. The van der Waals surface area contributed by atoms with Crippen molar-refractivity contribution in [2.75, 3.05) is 12.0 Å². The lowest BCUT2D eigenvalue weighted by atomic mass is 9.93. The second kappa shape index (κ2) is 8.81. The molecular weight excluding hydrogens is 321 g/mol. The zero-order chi connectivity index (χ0) is 16.2. The first-order chi connectivity index (χ1) is 9.91. The van der Waals surface area contributed by atoms with Crippen molar-refractivity contribution >= 4 is 35.7 Å². The molecule has 120 valence electrons. The summed E-state index contributed by atoms with van der Waals surface area (Å²) in [4.78, 5) is 11.7. The van der Waals surface area contributed by atoms with Crippen LogP contribution in [0.4, 0.5) is 10.1 Å². The van der Waals surface area contributed by atoms with E-state index in [1.165, 1.54) is 19.1 Å². The van der Waals surface area contributed by atoms with E-state index in [0.29, 0.717) is 33.0 Å². The summed E-state index contributed by atoms with van der Waals surface area (Å²) in [6.07, 6.45) is 1.69. The Kier molecular flexibility index (Phi) is 8.20. The van der Waals surface area contributed by atoms with Gasteiger partial charge in [0, 0.05) is 21.8 Å². The van der Waals surface area contributed by atoms with Crippen molar-refractivity contribution in [2.24, 2.45) is 0 Å². The molecule has 2 aromatic rings. The second-order valence-corrected chi connectivity index (χ2v) is 4.79. The van der Waals surface area contributed by atoms with Gasteiger partial charge in [-0.2, -0.15) is 12.6 Å². The first-order valence-corrected chi connectivity index (χ1v) is 7.49. The van der Waals surface area contributed by atoms with E-state index in [-0.39, 0.29) is 19.0 Å². The number of carbonyl (C=O) groups is 1. The van der Waals surface area contributed by atoms with Crippen LogP contribution >= 0.6 is 24.2 Å². The topological polar surface area (TPSA) is 43.1 Å². The van der Waals surface area contributed by atoms with Crippen LogP contribution in [0.2, 0.25) is 5.02 Å². The minimum Gasteiger partial charge on any atom is -0.398 e. The molecule has 0 unspecified atom stereocenters. The van der Waals surface area contributed by atoms with Gasteiger partial charge in [0.25, 0.3) is 0 Å². The predicted molar refractivity (Wildman–Crippen MR) is 97.6 cm³/mol. The molecule has 0 aliphatic heterocycles. The number of anilines is 1. The molecule has 0 heterocycles. The largest absolute Gasteiger partial charge is 0.398 e. The minimum absolute atomic E-state index is 0. The van der Waals surface area contributed by atoms with E-state index in [1.54, 1.807) is 31.4 Å². The van der Waals surface area contributed by atoms with Crippen LogP contribution < -0.4 is 5.73 Å². The Morgan fingerprint density at radius 2 is 1.86 bits per heavy atom. The molecule has 0 saturated heterocycles. The number of halogens is 2. The number of rotatable bonds is 2. The van der Waals surface area contributed by atoms with Crippen LogP contribution in [0, 0.1) is 12.7 Å². The Morgan fingerprint density at radius 1 is 1.27 bits per heavy atom. The van der Waals surface area contributed by atoms with Crippen LogP contribution in [-0.4, -0.2) is 12.0 Å². The lowest BCUT2D eigenvalue weighted by Crippen LogP contribution is -2.03. The first-order valence-electron chi connectivity index (χ1n) is 6.22. The molecule has 2 nitrogen and oxygen atoms in total. The normalized spacial score (nSPS) is 9.36. The van der Waals surface area contributed by atoms with Gasteiger partial charge in [-0.3, -0.25) is 4.79 Å². The number of carbonyl (C=O) groups excluding carboxylic acids is 1. The van der Waals surface area contributed by atoms with Crippen LogP contribution in [0.15, 0.2) is 30.3 Å². The molecule has 5 heteroatoms. The number of benzene rings is 2. The van der Waals surface area contributed by atoms with Gasteiger partial charge in [-0.25, -0.2) is 4.39 Å². The molecule has 0 aliphatic carbocycles. The van der Waals surface area contributed by atoms with Crippen molar-refractivity contribution < 1.29 is 9.18 Å². The maximum absolute atomic E-state index is 13.3. The van der Waals surface area contributed by atoms with Crippen molar-refractivity contribution in [3.63, 3.8) is 0 Å². The molecule has 0 saturated carbocycles. The number of nitrogens with two attached hydrogens (primary N) is 1. The molecule has 22 heavy (non-hydrogen) atoms. The quantitative estimate of drug-likeness (QED) is 0.435. The lowest BCUT2D eigenvalue weighted by Gasteiger charge is -2.14. The fourth-order valence-corrected chi connectivity index (χ4v) is 2.21. The minimum atomic E-state index is -0.376. The fourth-order valence-electron chi connectivity index (χ4n) is 2.00. The number of hydrogen-bond donors (Lipinski definition) is 2. The van der Waals surface area contributed by atoms with Crippen LogP contribution in [0.25, 0.3) is 11.1 Å². The van der Waals surface area contributed by atoms with Crippen LogP contribution in [0.5, 0.6) is 0 Å². The molecule has 0 bridgehead atoms. The summed E-state index contributed by atoms with van der Waals surface area (Å²) >= 11 is 9.58. The maximum atomic E-state index is 13.3. The number of Topliss-reactive ketones (excluding diaryl/α,β-unsaturated/α-hetero) is 1. The second-order valence-electron chi connectivity index (χ2n) is 4.39. The third kappa shape index (κ3) is 4.24. The standard InChI is InChI=1S/C15H13ClFNO.CH4S.CH4/c1-8-13(16)7-12(9(2)19)14(15(8)18)10-4-3-5-11(17)6-10;1-2;/h3-7H,18H2,1-2H3;2H,1H3;1H4. The fraction of sp³-hybridized carbons (Fsp3) is 0.235. The van der Waals surface area contributed by atoms with E-state index in [2.05, 4.69) is 12.6 Å². The average molecular weight is 342 g/mol. The third-order valence-electron chi connectivity index (χ3n) is 3.06. The molecule has 2 N–H and O–H groups in total. The lowest BCUT2D eigenvalue weighted by molar-refractivity contribution is 0.101. The summed E-state index contributed by atoms with van der Waals surface area (Å²) in [6, 6.07) is 7.57. The number of ketones is 1. The SMILES string of the molecule is C.CC(=O)c1cc(Cl)c(C)c(N)c1-c1cccc(F)c1.CS. The molecule has 0 aromatic heterocycles. The van der Waals surface area contributed by atoms with Gasteiger partial charge in [0.05, 0.1) is 0 Å². The van der Waals surface area contributed by atoms with E-state index >= 15 is 0 Å². The Bertz CT molecular complexity index is 674. The van der Waals surface area contributed by atoms with Gasteiger partial charge in [-0.1, -0.05) is 31.2 Å². The Morgan fingerprint density at radius 3 is 2.36 bits per heavy atom. The van der Waals surface area contributed by atoms with Crippen LogP contribution in [-0.2, 0) is 0 Å². The van der Waals surface area contributed by atoms with Gasteiger partial charge in [0.15, 0.2) is 5.78 Å². The highest BCUT2D eigenvalue weighted by Gasteiger charge is 2.17. The van der Waals surface area contributed by atoms with Crippen molar-refractivity contribution in [3.8, 4) is 11.1 Å². The highest BCUT2D eigenvalue weighted by Crippen LogP contribution is 2.36. The molecule has 2 rings (SSSR count). The van der Waals surface area contributed by atoms with E-state index in [9.17, 15) is 9.18 Å². The highest BCUT2D eigenvalue weighted by molar-refractivity contribution is 7.79. The van der Waals surface area contributed by atoms with E-state index in [1.807, 2.05) is 0 Å². The molecule has 0 radical (unpaired) electrons. The summed E-state index contributed by atoms with van der Waals surface area (Å²) in [5.41, 5.74) is 8.65. The van der Waals surface area contributed by atoms with Gasteiger partial charge in [0.1, 0.15) is 5.82 Å². The third-order valence-corrected chi connectivity index (χ3v) is 3.46. The maximum Gasteiger partial charge on any atom is 0.160 e. The molecule has 0 spiro atoms. The summed E-state index contributed by atoms with van der Waals surface area (Å²) in [5, 5.41) is 0.433. The summed E-state index contributed by atoms with van der Waals surface area (Å²) in [7, 11) is 0. The summed E-state index contributed by atoms with van der Waals surface area (Å²) < 4.78 is 13.3.